The first-order valence-corrected chi connectivity index (χ1v) is 5.12. The van der Waals surface area contributed by atoms with E-state index in [0.717, 1.165) is 12.8 Å². The Morgan fingerprint density at radius 3 is 2.47 bits per heavy atom. The summed E-state index contributed by atoms with van der Waals surface area (Å²) in [5.41, 5.74) is 0.0304. The second-order valence-electron chi connectivity index (χ2n) is 4.25. The Kier molecular flexibility index (Phi) is 3.68. The van der Waals surface area contributed by atoms with Gasteiger partial charge in [0.15, 0.2) is 0 Å². The van der Waals surface area contributed by atoms with Crippen molar-refractivity contribution in [3.05, 3.63) is 0 Å². The summed E-state index contributed by atoms with van der Waals surface area (Å²) in [4.78, 5) is 21.8. The van der Waals surface area contributed by atoms with E-state index in [-0.39, 0.29) is 12.0 Å². The van der Waals surface area contributed by atoms with Crippen molar-refractivity contribution in [2.45, 2.75) is 26.2 Å². The van der Waals surface area contributed by atoms with Crippen molar-refractivity contribution < 1.29 is 19.8 Å². The highest BCUT2D eigenvalue weighted by Crippen LogP contribution is 2.47. The van der Waals surface area contributed by atoms with Gasteiger partial charge in [0, 0.05) is 13.2 Å². The van der Waals surface area contributed by atoms with Crippen LogP contribution in [0.25, 0.3) is 0 Å². The van der Waals surface area contributed by atoms with Gasteiger partial charge in [0.25, 0.3) is 0 Å². The maximum atomic E-state index is 11.3. The predicted octanol–water partition coefficient (Wildman–Crippen LogP) is -0.0141. The third-order valence-corrected chi connectivity index (χ3v) is 3.00. The lowest BCUT2D eigenvalue weighted by Gasteiger charge is -2.15. The monoisotopic (exact) mass is 215 g/mol. The van der Waals surface area contributed by atoms with Crippen molar-refractivity contribution in [2.75, 3.05) is 13.2 Å². The number of carboxylic acids is 1. The lowest BCUT2D eigenvalue weighted by molar-refractivity contribution is -0.146. The highest BCUT2D eigenvalue weighted by Gasteiger charge is 2.42. The first-order valence-electron chi connectivity index (χ1n) is 5.12. The molecule has 1 unspecified atom stereocenters. The standard InChI is InChI=1S/C10H17NO4/c1-7(9(14)15)8(13)11-6-10(2-3-10)4-5-12/h7,12H,2-6H2,1H3,(H,11,13)(H,14,15). The summed E-state index contributed by atoms with van der Waals surface area (Å²) in [6.45, 7) is 1.96. The number of hydrogen-bond donors (Lipinski definition) is 3. The minimum atomic E-state index is -1.11. The lowest BCUT2D eigenvalue weighted by Crippen LogP contribution is -2.37. The van der Waals surface area contributed by atoms with Gasteiger partial charge in [0.2, 0.25) is 5.91 Å². The molecule has 5 nitrogen and oxygen atoms in total. The third-order valence-electron chi connectivity index (χ3n) is 3.00. The summed E-state index contributed by atoms with van der Waals surface area (Å²) in [6, 6.07) is 0. The minimum absolute atomic E-state index is 0.0304. The molecule has 3 N–H and O–H groups in total. The maximum Gasteiger partial charge on any atom is 0.315 e. The zero-order valence-electron chi connectivity index (χ0n) is 8.82. The Labute approximate surface area is 88.5 Å². The van der Waals surface area contributed by atoms with Crippen LogP contribution in [0.3, 0.4) is 0 Å². The van der Waals surface area contributed by atoms with E-state index in [0.29, 0.717) is 13.0 Å². The van der Waals surface area contributed by atoms with Gasteiger partial charge in [-0.05, 0) is 31.6 Å². The van der Waals surface area contributed by atoms with Crippen molar-refractivity contribution in [2.24, 2.45) is 11.3 Å². The summed E-state index contributed by atoms with van der Waals surface area (Å²) in [5, 5.41) is 20.0. The normalized spacial score (nSPS) is 19.3. The van der Waals surface area contributed by atoms with Crippen molar-refractivity contribution in [1.82, 2.24) is 5.32 Å². The Bertz CT molecular complexity index is 260. The van der Waals surface area contributed by atoms with Crippen LogP contribution in [0.4, 0.5) is 0 Å². The zero-order valence-corrected chi connectivity index (χ0v) is 8.82. The van der Waals surface area contributed by atoms with Crippen molar-refractivity contribution >= 4 is 11.9 Å². The van der Waals surface area contributed by atoms with E-state index in [1.54, 1.807) is 0 Å². The SMILES string of the molecule is CC(C(=O)O)C(=O)NCC1(CCO)CC1. The van der Waals surface area contributed by atoms with Gasteiger partial charge in [-0.1, -0.05) is 0 Å². The van der Waals surface area contributed by atoms with E-state index in [9.17, 15) is 9.59 Å². The van der Waals surface area contributed by atoms with Crippen LogP contribution < -0.4 is 5.32 Å². The molecule has 15 heavy (non-hydrogen) atoms. The van der Waals surface area contributed by atoms with Crippen molar-refractivity contribution in [3.8, 4) is 0 Å². The molecule has 0 aliphatic heterocycles. The largest absolute Gasteiger partial charge is 0.481 e. The number of rotatable bonds is 6. The molecular formula is C10H17NO4. The molecule has 1 amide bonds. The molecular weight excluding hydrogens is 198 g/mol. The smallest absolute Gasteiger partial charge is 0.315 e. The molecule has 0 aromatic rings. The van der Waals surface area contributed by atoms with Gasteiger partial charge in [0.1, 0.15) is 5.92 Å². The number of hydrogen-bond acceptors (Lipinski definition) is 3. The topological polar surface area (TPSA) is 86.6 Å². The molecule has 1 fully saturated rings. The Balaban J connectivity index is 2.31. The van der Waals surface area contributed by atoms with E-state index < -0.39 is 17.8 Å². The van der Waals surface area contributed by atoms with Gasteiger partial charge in [-0.25, -0.2) is 0 Å². The van der Waals surface area contributed by atoms with Gasteiger partial charge in [-0.3, -0.25) is 9.59 Å². The Morgan fingerprint density at radius 2 is 2.07 bits per heavy atom. The number of nitrogens with one attached hydrogen (secondary N) is 1. The molecule has 0 spiro atoms. The Morgan fingerprint density at radius 1 is 1.47 bits per heavy atom. The van der Waals surface area contributed by atoms with Crippen LogP contribution in [-0.2, 0) is 9.59 Å². The summed E-state index contributed by atoms with van der Waals surface area (Å²) >= 11 is 0. The molecule has 1 aliphatic carbocycles. The first kappa shape index (κ1) is 12.0. The fraction of sp³-hybridized carbons (Fsp3) is 0.800. The van der Waals surface area contributed by atoms with E-state index >= 15 is 0 Å². The number of amides is 1. The second kappa shape index (κ2) is 4.61. The van der Waals surface area contributed by atoms with Crippen LogP contribution in [0.1, 0.15) is 26.2 Å². The van der Waals surface area contributed by atoms with E-state index in [1.807, 2.05) is 0 Å². The third kappa shape index (κ3) is 3.20. The number of aliphatic carboxylic acids is 1. The van der Waals surface area contributed by atoms with Crippen LogP contribution in [-0.4, -0.2) is 35.2 Å². The lowest BCUT2D eigenvalue weighted by atomic mass is 10.0. The number of aliphatic hydroxyl groups excluding tert-OH is 1. The zero-order chi connectivity index (χ0) is 11.5. The van der Waals surface area contributed by atoms with Crippen molar-refractivity contribution in [1.29, 1.82) is 0 Å². The number of carbonyl (C=O) groups is 2. The molecule has 0 aromatic heterocycles. The highest BCUT2D eigenvalue weighted by molar-refractivity contribution is 5.96. The van der Waals surface area contributed by atoms with Crippen LogP contribution in [0.5, 0.6) is 0 Å². The molecule has 0 saturated heterocycles. The van der Waals surface area contributed by atoms with E-state index in [4.69, 9.17) is 10.2 Å². The molecule has 0 radical (unpaired) electrons. The predicted molar refractivity (Wildman–Crippen MR) is 53.2 cm³/mol. The van der Waals surface area contributed by atoms with Gasteiger partial charge in [0.05, 0.1) is 0 Å². The molecule has 1 aliphatic rings. The van der Waals surface area contributed by atoms with E-state index in [1.165, 1.54) is 6.92 Å². The van der Waals surface area contributed by atoms with Crippen molar-refractivity contribution in [3.63, 3.8) is 0 Å². The fourth-order valence-corrected chi connectivity index (χ4v) is 1.47. The average molecular weight is 215 g/mol. The highest BCUT2D eigenvalue weighted by atomic mass is 16.4. The molecule has 1 rings (SSSR count). The number of aliphatic hydroxyl groups is 1. The summed E-state index contributed by atoms with van der Waals surface area (Å²) < 4.78 is 0. The first-order chi connectivity index (χ1) is 7.01. The van der Waals surface area contributed by atoms with Crippen LogP contribution in [0.2, 0.25) is 0 Å². The summed E-state index contributed by atoms with van der Waals surface area (Å²) in [5.74, 6) is -2.57. The van der Waals surface area contributed by atoms with Gasteiger partial charge >= 0.3 is 5.97 Å². The van der Waals surface area contributed by atoms with Gasteiger partial charge in [-0.2, -0.15) is 0 Å². The molecule has 1 atom stereocenters. The van der Waals surface area contributed by atoms with Crippen LogP contribution in [0, 0.1) is 11.3 Å². The maximum absolute atomic E-state index is 11.3. The summed E-state index contributed by atoms with van der Waals surface area (Å²) in [7, 11) is 0. The van der Waals surface area contributed by atoms with Crippen LogP contribution >= 0.6 is 0 Å². The quantitative estimate of drug-likeness (QED) is 0.544. The fourth-order valence-electron chi connectivity index (χ4n) is 1.47. The average Bonchev–Trinajstić information content (AvgIpc) is 2.94. The number of carbonyl (C=O) groups excluding carboxylic acids is 1. The number of carboxylic acid groups (broad SMARTS) is 1. The van der Waals surface area contributed by atoms with E-state index in [2.05, 4.69) is 5.32 Å². The molecule has 1 saturated carbocycles. The molecule has 0 bridgehead atoms. The molecule has 0 heterocycles. The second-order valence-corrected chi connectivity index (χ2v) is 4.25. The van der Waals surface area contributed by atoms with Crippen LogP contribution in [0.15, 0.2) is 0 Å². The molecule has 5 heteroatoms. The van der Waals surface area contributed by atoms with Gasteiger partial charge < -0.3 is 15.5 Å². The summed E-state index contributed by atoms with van der Waals surface area (Å²) in [6.07, 6.45) is 2.67. The minimum Gasteiger partial charge on any atom is -0.481 e. The van der Waals surface area contributed by atoms with Gasteiger partial charge in [-0.15, -0.1) is 0 Å². The molecule has 0 aromatic carbocycles. The Hall–Kier alpha value is -1.10. The molecule has 86 valence electrons.